The molecule has 0 aliphatic carbocycles. The Balaban J connectivity index is 1.06. The van der Waals surface area contributed by atoms with Gasteiger partial charge in [-0.2, -0.15) is 0 Å². The average molecular weight is 744 g/mol. The van der Waals surface area contributed by atoms with Crippen LogP contribution in [0.25, 0.3) is 88.0 Å². The van der Waals surface area contributed by atoms with Gasteiger partial charge in [0.15, 0.2) is 0 Å². The van der Waals surface area contributed by atoms with Crippen molar-refractivity contribution in [1.82, 2.24) is 0 Å². The van der Waals surface area contributed by atoms with Gasteiger partial charge in [0.05, 0.1) is 5.48 Å². The first-order valence-corrected chi connectivity index (χ1v) is 19.5. The van der Waals surface area contributed by atoms with Gasteiger partial charge in [-0.15, -0.1) is 0 Å². The van der Waals surface area contributed by atoms with Crippen molar-refractivity contribution in [3.8, 4) is 44.5 Å². The molecule has 0 atom stereocenters. The van der Waals surface area contributed by atoms with Crippen LogP contribution in [-0.4, -0.2) is 0 Å². The topological polar surface area (TPSA) is 16.4 Å². The van der Waals surface area contributed by atoms with Gasteiger partial charge in [0, 0.05) is 33.2 Å². The van der Waals surface area contributed by atoms with Crippen molar-refractivity contribution in [3.05, 3.63) is 224 Å². The lowest BCUT2D eigenvalue weighted by Gasteiger charge is -2.26. The molecule has 0 aliphatic heterocycles. The summed E-state index contributed by atoms with van der Waals surface area (Å²) in [4.78, 5) is 1.86. The molecule has 2 nitrogen and oxygen atoms in total. The Bertz CT molecular complexity index is 3480. The smallest absolute Gasteiger partial charge is 0.143 e. The average Bonchev–Trinajstić information content (AvgIpc) is 3.73. The number of benzene rings is 10. The summed E-state index contributed by atoms with van der Waals surface area (Å²) in [6.07, 6.45) is 0. The van der Waals surface area contributed by atoms with E-state index >= 15 is 0 Å². The van der Waals surface area contributed by atoms with Gasteiger partial charge in [-0.05, 0) is 115 Å². The van der Waals surface area contributed by atoms with E-state index in [4.69, 9.17) is 4.42 Å². The summed E-state index contributed by atoms with van der Waals surface area (Å²) < 4.78 is 44.5. The molecule has 0 unspecified atom stereocenters. The van der Waals surface area contributed by atoms with Crippen molar-refractivity contribution in [2.45, 2.75) is 0 Å². The van der Waals surface area contributed by atoms with Crippen molar-refractivity contribution in [2.75, 3.05) is 4.90 Å². The molecular formula is C56H37NO. The summed E-state index contributed by atoms with van der Waals surface area (Å²) in [5, 5.41) is 6.55. The third kappa shape index (κ3) is 6.00. The molecule has 1 heterocycles. The minimum atomic E-state index is -0.129. The second kappa shape index (κ2) is 14.1. The van der Waals surface area contributed by atoms with Gasteiger partial charge in [0.25, 0.3) is 0 Å². The molecule has 0 fully saturated rings. The van der Waals surface area contributed by atoms with Gasteiger partial charge in [0.2, 0.25) is 0 Å². The molecule has 0 saturated carbocycles. The van der Waals surface area contributed by atoms with Crippen molar-refractivity contribution in [1.29, 1.82) is 0 Å². The molecule has 10 aromatic carbocycles. The largest absolute Gasteiger partial charge is 0.455 e. The second-order valence-corrected chi connectivity index (χ2v) is 14.6. The van der Waals surface area contributed by atoms with Crippen LogP contribution < -0.4 is 4.90 Å². The van der Waals surface area contributed by atoms with Crippen LogP contribution in [0.4, 0.5) is 17.1 Å². The molecule has 58 heavy (non-hydrogen) atoms. The third-order valence-electron chi connectivity index (χ3n) is 11.1. The minimum absolute atomic E-state index is 0.105. The quantitative estimate of drug-likeness (QED) is 0.162. The number of hydrogen-bond acceptors (Lipinski definition) is 2. The SMILES string of the molecule is [2H]c1c([2H])c(N(c2ccc(-c3cccc4oc5c6ccccc6ccc5c34)cc2)c2cccc(-c3ccc4ccccc4c3)c2)c([2H])c([2H])c1-c1ccc(-c2ccccc2)cc1. The van der Waals surface area contributed by atoms with E-state index in [1.807, 2.05) is 120 Å². The van der Waals surface area contributed by atoms with Crippen LogP contribution in [0.1, 0.15) is 5.48 Å². The zero-order valence-electron chi connectivity index (χ0n) is 35.4. The Morgan fingerprint density at radius 3 is 1.76 bits per heavy atom. The predicted octanol–water partition coefficient (Wildman–Crippen LogP) is 16.0. The molecule has 0 radical (unpaired) electrons. The van der Waals surface area contributed by atoms with Crippen LogP contribution in [0.15, 0.2) is 229 Å². The summed E-state index contributed by atoms with van der Waals surface area (Å²) in [6, 6.07) is 66.8. The fraction of sp³-hybridized carbons (Fsp3) is 0. The van der Waals surface area contributed by atoms with Crippen molar-refractivity contribution < 1.29 is 9.90 Å². The molecule has 0 bridgehead atoms. The maximum atomic E-state index is 9.58. The lowest BCUT2D eigenvalue weighted by molar-refractivity contribution is 0.673. The van der Waals surface area contributed by atoms with Gasteiger partial charge in [0.1, 0.15) is 11.2 Å². The van der Waals surface area contributed by atoms with Crippen LogP contribution in [0.5, 0.6) is 0 Å². The van der Waals surface area contributed by atoms with Crippen LogP contribution in [0.2, 0.25) is 0 Å². The number of anilines is 3. The highest BCUT2D eigenvalue weighted by molar-refractivity contribution is 6.19. The normalized spacial score (nSPS) is 12.4. The standard InChI is InChI=1S/C56H37NO/c1-2-10-38(11-3-1)40-20-22-41(23-21-40)42-26-31-48(32-27-42)57(50-16-8-15-46(37-50)47-25-24-39-12-4-5-14-45(39)36-47)49-33-28-44(29-34-49)51-18-9-19-54-55(51)53-35-30-43-13-6-7-17-52(43)56(53)58-54/h1-37H/i26D,27D,31D,32D. The lowest BCUT2D eigenvalue weighted by atomic mass is 9.97. The summed E-state index contributed by atoms with van der Waals surface area (Å²) in [5.74, 6) is 0. The highest BCUT2D eigenvalue weighted by Crippen LogP contribution is 2.42. The van der Waals surface area contributed by atoms with E-state index in [-0.39, 0.29) is 35.4 Å². The maximum absolute atomic E-state index is 9.58. The Labute approximate surface area is 343 Å². The van der Waals surface area contributed by atoms with Crippen LogP contribution in [0, 0.1) is 0 Å². The van der Waals surface area contributed by atoms with E-state index in [0.717, 1.165) is 76.9 Å². The highest BCUT2D eigenvalue weighted by Gasteiger charge is 2.17. The Morgan fingerprint density at radius 2 is 0.948 bits per heavy atom. The minimum Gasteiger partial charge on any atom is -0.455 e. The van der Waals surface area contributed by atoms with Crippen molar-refractivity contribution >= 4 is 60.5 Å². The highest BCUT2D eigenvalue weighted by atomic mass is 16.3. The molecule has 0 aliphatic rings. The first-order chi connectivity index (χ1) is 30.4. The van der Waals surface area contributed by atoms with E-state index in [0.29, 0.717) is 16.9 Å². The number of nitrogens with zero attached hydrogens (tertiary/aromatic N) is 1. The Kier molecular flexibility index (Phi) is 7.20. The number of fused-ring (bicyclic) bond motifs is 6. The molecule has 0 amide bonds. The zero-order chi connectivity index (χ0) is 41.9. The van der Waals surface area contributed by atoms with Crippen molar-refractivity contribution in [3.63, 3.8) is 0 Å². The third-order valence-corrected chi connectivity index (χ3v) is 11.1. The van der Waals surface area contributed by atoms with E-state index < -0.39 is 0 Å². The molecule has 2 heteroatoms. The van der Waals surface area contributed by atoms with E-state index in [1.165, 1.54) is 0 Å². The monoisotopic (exact) mass is 743 g/mol. The van der Waals surface area contributed by atoms with Crippen molar-refractivity contribution in [2.24, 2.45) is 0 Å². The van der Waals surface area contributed by atoms with Gasteiger partial charge in [-0.1, -0.05) is 170 Å². The summed E-state index contributed by atoms with van der Waals surface area (Å²) in [6.45, 7) is 0. The molecular weight excluding hydrogens is 703 g/mol. The Morgan fingerprint density at radius 1 is 0.345 bits per heavy atom. The van der Waals surface area contributed by atoms with Gasteiger partial charge < -0.3 is 9.32 Å². The summed E-state index contributed by atoms with van der Waals surface area (Å²) in [5.41, 5.74) is 10.2. The maximum Gasteiger partial charge on any atom is 0.143 e. The van der Waals surface area contributed by atoms with Crippen LogP contribution >= 0.6 is 0 Å². The first kappa shape index (κ1) is 29.6. The van der Waals surface area contributed by atoms with Gasteiger partial charge in [-0.25, -0.2) is 0 Å². The molecule has 0 N–H and O–H groups in total. The van der Waals surface area contributed by atoms with Crippen LogP contribution in [0.3, 0.4) is 0 Å². The predicted molar refractivity (Wildman–Crippen MR) is 245 cm³/mol. The molecule has 11 rings (SSSR count). The Hall–Kier alpha value is -7.68. The second-order valence-electron chi connectivity index (χ2n) is 14.6. The fourth-order valence-corrected chi connectivity index (χ4v) is 8.21. The lowest BCUT2D eigenvalue weighted by Crippen LogP contribution is -2.10. The first-order valence-electron chi connectivity index (χ1n) is 21.5. The fourth-order valence-electron chi connectivity index (χ4n) is 8.21. The zero-order valence-corrected chi connectivity index (χ0v) is 31.4. The summed E-state index contributed by atoms with van der Waals surface area (Å²) >= 11 is 0. The van der Waals surface area contributed by atoms with E-state index in [1.54, 1.807) is 0 Å². The molecule has 1 aromatic heterocycles. The molecule has 272 valence electrons. The van der Waals surface area contributed by atoms with Gasteiger partial charge >= 0.3 is 0 Å². The number of furan rings is 1. The number of rotatable bonds is 7. The molecule has 0 saturated heterocycles. The summed E-state index contributed by atoms with van der Waals surface area (Å²) in [7, 11) is 0. The van der Waals surface area contributed by atoms with E-state index in [9.17, 15) is 5.48 Å². The molecule has 11 aromatic rings. The molecule has 0 spiro atoms. The van der Waals surface area contributed by atoms with E-state index in [2.05, 4.69) is 84.9 Å². The van der Waals surface area contributed by atoms with Crippen LogP contribution in [-0.2, 0) is 0 Å². The number of hydrogen-bond donors (Lipinski definition) is 0. The van der Waals surface area contributed by atoms with Gasteiger partial charge in [-0.3, -0.25) is 0 Å².